The van der Waals surface area contributed by atoms with Crippen LogP contribution in [0.5, 0.6) is 0 Å². The molecule has 0 atom stereocenters. The van der Waals surface area contributed by atoms with Crippen LogP contribution in [0.1, 0.15) is 0 Å². The fourth-order valence-electron chi connectivity index (χ4n) is 12.2. The number of hydrogen-bond acceptors (Lipinski definition) is 0. The average molecular weight is 773 g/mol. The van der Waals surface area contributed by atoms with Crippen molar-refractivity contribution in [1.82, 2.24) is 0 Å². The maximum atomic E-state index is 2.47. The van der Waals surface area contributed by atoms with Crippen molar-refractivity contribution in [2.75, 3.05) is 0 Å². The second kappa shape index (κ2) is 13.9. The second-order valence-electron chi connectivity index (χ2n) is 18.7. The maximum absolute atomic E-state index is 2.47. The summed E-state index contributed by atoms with van der Waals surface area (Å²) in [7, 11) is 28.4. The van der Waals surface area contributed by atoms with E-state index in [1.807, 2.05) is 0 Å². The molecule has 0 unspecified atom stereocenters. The summed E-state index contributed by atoms with van der Waals surface area (Å²) in [5, 5.41) is 16.0. The summed E-state index contributed by atoms with van der Waals surface area (Å²) >= 11 is 0. The van der Waals surface area contributed by atoms with Crippen molar-refractivity contribution >= 4 is 224 Å². The van der Waals surface area contributed by atoms with E-state index in [1.165, 1.54) is 175 Å². The molecule has 0 spiro atoms. The lowest BCUT2D eigenvalue weighted by Gasteiger charge is -2.31. The summed E-state index contributed by atoms with van der Waals surface area (Å²) in [6, 6.07) is 41.4. The van der Waals surface area contributed by atoms with Gasteiger partial charge < -0.3 is 0 Å². The van der Waals surface area contributed by atoms with Gasteiger partial charge in [0.2, 0.25) is 0 Å². The molecule has 0 nitrogen and oxygen atoms in total. The van der Waals surface area contributed by atoms with Crippen molar-refractivity contribution < 1.29 is 0 Å². The van der Waals surface area contributed by atoms with Crippen LogP contribution in [0.3, 0.4) is 0 Å². The largest absolute Gasteiger partial charge is 0.140 e. The minimum Gasteiger partial charge on any atom is -0.100 e. The first-order valence-corrected chi connectivity index (χ1v) is 22.5. The lowest BCUT2D eigenvalue weighted by Crippen LogP contribution is -2.52. The van der Waals surface area contributed by atoms with E-state index in [1.54, 1.807) is 0 Å². The smallest absolute Gasteiger partial charge is 0.100 e. The van der Waals surface area contributed by atoms with Crippen LogP contribution in [0.4, 0.5) is 0 Å². The molecule has 0 aromatic heterocycles. The summed E-state index contributed by atoms with van der Waals surface area (Å²) in [4.78, 5) is 0. The van der Waals surface area contributed by atoms with Gasteiger partial charge in [-0.2, -0.15) is 0 Å². The number of benzene rings is 11. The highest BCUT2D eigenvalue weighted by Gasteiger charge is 2.27. The fraction of sp³-hybridized carbons (Fsp3) is 0. The Labute approximate surface area is 376 Å². The third kappa shape index (κ3) is 5.19. The van der Waals surface area contributed by atoms with Gasteiger partial charge >= 0.3 is 0 Å². The molecule has 12 heteroatoms. The van der Waals surface area contributed by atoms with E-state index in [0.717, 1.165) is 0 Å². The maximum Gasteiger partial charge on any atom is 0.140 e. The molecule has 0 radical (unpaired) electrons. The van der Waals surface area contributed by atoms with E-state index in [-0.39, 0.29) is 0 Å². The summed E-state index contributed by atoms with van der Waals surface area (Å²) in [5.41, 5.74) is 27.5. The zero-order chi connectivity index (χ0) is 43.2. The van der Waals surface area contributed by atoms with E-state index in [4.69, 9.17) is 0 Å². The molecule has 0 fully saturated rings. The van der Waals surface area contributed by atoms with E-state index in [9.17, 15) is 0 Å². The molecule has 0 aliphatic carbocycles. The normalized spacial score (nSPS) is 12.0. The van der Waals surface area contributed by atoms with Crippen molar-refractivity contribution in [3.05, 3.63) is 109 Å². The molecule has 0 bridgehead atoms. The summed E-state index contributed by atoms with van der Waals surface area (Å²) in [5.74, 6) is 0. The Kier molecular flexibility index (Phi) is 8.77. The van der Waals surface area contributed by atoms with Crippen LogP contribution in [-0.4, -0.2) is 94.2 Å². The molecule has 0 saturated heterocycles. The number of hydrogen-bond donors (Lipinski definition) is 0. The standard InChI is InChI=1S/C50H42B12/c51-39-33(27-17-15-23-13-11-19-4-1-5-21-14-16-26(27)32(23)29(19)21)41(53)49(61)47(59)35(39)37-43(55)45(57)38(46(58)44(37)56)36-40(52)34(42(54)50(62)48(36)60)28-18-24-8-2-6-20-10-12-22-7-3-9-25(28)31(22)30(20)24/h1-18H,51-62H2. The molecule has 0 saturated carbocycles. The first-order valence-electron chi connectivity index (χ1n) is 22.5. The monoisotopic (exact) mass is 774 g/mol. The molecule has 11 aromatic rings. The molecule has 11 aromatic carbocycles. The minimum absolute atomic E-state index is 1.31. The van der Waals surface area contributed by atoms with Gasteiger partial charge in [-0.3, -0.25) is 0 Å². The van der Waals surface area contributed by atoms with Crippen LogP contribution in [0, 0.1) is 0 Å². The molecule has 0 amide bonds. The Balaban J connectivity index is 1.16. The molecule has 0 aliphatic rings. The van der Waals surface area contributed by atoms with Gasteiger partial charge in [-0.05, 0) is 115 Å². The van der Waals surface area contributed by atoms with Gasteiger partial charge in [-0.1, -0.05) is 158 Å². The highest BCUT2D eigenvalue weighted by Crippen LogP contribution is 2.41. The van der Waals surface area contributed by atoms with Gasteiger partial charge in [0, 0.05) is 0 Å². The third-order valence-electron chi connectivity index (χ3n) is 16.0. The second-order valence-corrected chi connectivity index (χ2v) is 18.7. The molecule has 11 rings (SSSR count). The van der Waals surface area contributed by atoms with E-state index < -0.39 is 0 Å². The molecule has 0 aliphatic heterocycles. The van der Waals surface area contributed by atoms with Crippen molar-refractivity contribution in [2.45, 2.75) is 0 Å². The average Bonchev–Trinajstić information content (AvgIpc) is 3.28. The predicted molar refractivity (Wildman–Crippen MR) is 314 cm³/mol. The lowest BCUT2D eigenvalue weighted by molar-refractivity contribution is 1.74. The molecular weight excluding hydrogens is 730 g/mol. The van der Waals surface area contributed by atoms with Crippen LogP contribution < -0.4 is 65.6 Å². The Morgan fingerprint density at radius 3 is 1.02 bits per heavy atom. The first-order chi connectivity index (χ1) is 29.8. The number of rotatable bonds is 4. The Morgan fingerprint density at radius 2 is 0.516 bits per heavy atom. The Morgan fingerprint density at radius 1 is 0.210 bits per heavy atom. The van der Waals surface area contributed by atoms with Crippen LogP contribution >= 0.6 is 0 Å². The zero-order valence-electron chi connectivity index (χ0n) is 38.4. The van der Waals surface area contributed by atoms with E-state index >= 15 is 0 Å². The fourth-order valence-corrected chi connectivity index (χ4v) is 12.2. The molecule has 62 heavy (non-hydrogen) atoms. The van der Waals surface area contributed by atoms with Gasteiger partial charge in [-0.25, -0.2) is 0 Å². The van der Waals surface area contributed by atoms with Crippen LogP contribution in [0.15, 0.2) is 109 Å². The van der Waals surface area contributed by atoms with Gasteiger partial charge in [0.15, 0.2) is 0 Å². The Bertz CT molecular complexity index is 3730. The minimum atomic E-state index is 1.31. The molecular formula is C50H42B12. The van der Waals surface area contributed by atoms with E-state index in [2.05, 4.69) is 203 Å². The topological polar surface area (TPSA) is 0 Å². The molecule has 0 N–H and O–H groups in total. The summed E-state index contributed by atoms with van der Waals surface area (Å²) in [6.07, 6.45) is 0. The summed E-state index contributed by atoms with van der Waals surface area (Å²) < 4.78 is 0. The van der Waals surface area contributed by atoms with Crippen LogP contribution in [0.25, 0.3) is 109 Å². The molecule has 0 heterocycles. The van der Waals surface area contributed by atoms with Crippen LogP contribution in [-0.2, 0) is 0 Å². The Hall–Kier alpha value is -5.72. The van der Waals surface area contributed by atoms with Gasteiger partial charge in [0.25, 0.3) is 0 Å². The highest BCUT2D eigenvalue weighted by molar-refractivity contribution is 6.70. The third-order valence-corrected chi connectivity index (χ3v) is 16.0. The van der Waals surface area contributed by atoms with Crippen molar-refractivity contribution in [2.24, 2.45) is 0 Å². The van der Waals surface area contributed by atoms with E-state index in [0.29, 0.717) is 0 Å². The van der Waals surface area contributed by atoms with Crippen molar-refractivity contribution in [3.63, 3.8) is 0 Å². The van der Waals surface area contributed by atoms with Crippen molar-refractivity contribution in [1.29, 1.82) is 0 Å². The SMILES string of the molecule is Bc1c(B)c(-c2c(B)c(B)c(-c3c(B)c(B)c(B)c(-c4cc5cccc6ccc7cccc4c7c65)c3B)c(B)c2B)c(B)c(-c2ccc3ccc4cccc5ccc2c3c45)c1B. The summed E-state index contributed by atoms with van der Waals surface area (Å²) in [6.45, 7) is 0. The van der Waals surface area contributed by atoms with Crippen LogP contribution in [0.2, 0.25) is 0 Å². The highest BCUT2D eigenvalue weighted by atomic mass is 14.3. The van der Waals surface area contributed by atoms with Gasteiger partial charge in [0.1, 0.15) is 94.2 Å². The zero-order valence-corrected chi connectivity index (χ0v) is 38.4. The quantitative estimate of drug-likeness (QED) is 0.124. The first kappa shape index (κ1) is 39.1. The predicted octanol–water partition coefficient (Wildman–Crippen LogP) is -6.75. The van der Waals surface area contributed by atoms with Gasteiger partial charge in [-0.15, -0.1) is 10.9 Å². The lowest BCUT2D eigenvalue weighted by atomic mass is 9.55. The van der Waals surface area contributed by atoms with Crippen molar-refractivity contribution in [3.8, 4) is 44.5 Å². The molecule has 278 valence electrons. The van der Waals surface area contributed by atoms with Gasteiger partial charge in [0.05, 0.1) is 0 Å².